The number of aliphatic hydroxyl groups is 1. The van der Waals surface area contributed by atoms with Crippen molar-refractivity contribution in [3.05, 3.63) is 51.2 Å². The molecule has 1 aromatic carbocycles. The fourth-order valence-electron chi connectivity index (χ4n) is 1.90. The Morgan fingerprint density at radius 1 is 1.15 bits per heavy atom. The van der Waals surface area contributed by atoms with Gasteiger partial charge in [-0.05, 0) is 41.8 Å². The molecule has 2 N–H and O–H groups in total. The molecule has 0 saturated carbocycles. The van der Waals surface area contributed by atoms with E-state index in [0.717, 1.165) is 10.6 Å². The lowest BCUT2D eigenvalue weighted by Crippen LogP contribution is -2.13. The highest BCUT2D eigenvalue weighted by molar-refractivity contribution is 7.12. The molecule has 2 aromatic rings. The van der Waals surface area contributed by atoms with Gasteiger partial charge in [0.25, 0.3) is 0 Å². The summed E-state index contributed by atoms with van der Waals surface area (Å²) < 4.78 is 0. The Balaban J connectivity index is 2.16. The third kappa shape index (κ3) is 3.75. The lowest BCUT2D eigenvalue weighted by Gasteiger charge is -2.18. The molecule has 1 heterocycles. The van der Waals surface area contributed by atoms with Crippen molar-refractivity contribution < 1.29 is 5.11 Å². The van der Waals surface area contributed by atoms with Crippen LogP contribution in [-0.2, 0) is 5.41 Å². The first kappa shape index (κ1) is 15.4. The van der Waals surface area contributed by atoms with Crippen LogP contribution in [0.2, 0.25) is 5.02 Å². The molecule has 1 aromatic heterocycles. The number of benzene rings is 1. The average Bonchev–Trinajstić information content (AvgIpc) is 2.87. The van der Waals surface area contributed by atoms with Gasteiger partial charge in [0.2, 0.25) is 0 Å². The van der Waals surface area contributed by atoms with Crippen molar-refractivity contribution in [2.75, 3.05) is 11.9 Å². The quantitative estimate of drug-likeness (QED) is 0.846. The summed E-state index contributed by atoms with van der Waals surface area (Å²) in [5.74, 6) is 0. The van der Waals surface area contributed by atoms with Gasteiger partial charge in [-0.2, -0.15) is 0 Å². The summed E-state index contributed by atoms with van der Waals surface area (Å²) >= 11 is 7.62. The number of hydrogen-bond donors (Lipinski definition) is 2. The number of nitrogens with one attached hydrogen (secondary N) is 1. The second-order valence-electron chi connectivity index (χ2n) is 5.84. The molecule has 0 fully saturated rings. The van der Waals surface area contributed by atoms with Crippen LogP contribution in [0.5, 0.6) is 0 Å². The minimum absolute atomic E-state index is 0.0622. The van der Waals surface area contributed by atoms with Crippen molar-refractivity contribution in [2.45, 2.75) is 32.2 Å². The molecule has 20 heavy (non-hydrogen) atoms. The molecule has 1 unspecified atom stereocenters. The molecule has 0 saturated heterocycles. The van der Waals surface area contributed by atoms with Crippen LogP contribution in [0.25, 0.3) is 0 Å². The van der Waals surface area contributed by atoms with Crippen molar-refractivity contribution in [3.63, 3.8) is 0 Å². The van der Waals surface area contributed by atoms with Gasteiger partial charge in [-0.25, -0.2) is 0 Å². The van der Waals surface area contributed by atoms with Crippen LogP contribution >= 0.6 is 22.9 Å². The van der Waals surface area contributed by atoms with Crippen molar-refractivity contribution in [3.8, 4) is 0 Å². The highest BCUT2D eigenvalue weighted by atomic mass is 35.5. The molecule has 2 nitrogen and oxygen atoms in total. The minimum Gasteiger partial charge on any atom is -0.394 e. The molecule has 0 radical (unpaired) electrons. The van der Waals surface area contributed by atoms with Crippen LogP contribution in [0, 0.1) is 0 Å². The number of thiophene rings is 1. The Morgan fingerprint density at radius 2 is 1.80 bits per heavy atom. The summed E-state index contributed by atoms with van der Waals surface area (Å²) in [5.41, 5.74) is 1.10. The summed E-state index contributed by atoms with van der Waals surface area (Å²) in [4.78, 5) is 2.47. The zero-order valence-electron chi connectivity index (χ0n) is 12.0. The first-order chi connectivity index (χ1) is 9.40. The van der Waals surface area contributed by atoms with E-state index in [2.05, 4.69) is 38.2 Å². The van der Waals surface area contributed by atoms with Crippen LogP contribution in [-0.4, -0.2) is 11.7 Å². The predicted octanol–water partition coefficient (Wildman–Crippen LogP) is 4.84. The molecule has 108 valence electrons. The van der Waals surface area contributed by atoms with Crippen molar-refractivity contribution in [1.82, 2.24) is 0 Å². The number of anilines is 1. The average molecular weight is 310 g/mol. The number of rotatable bonds is 4. The normalized spacial score (nSPS) is 13.2. The fourth-order valence-corrected chi connectivity index (χ4v) is 3.13. The standard InChI is InChI=1S/C16H20ClNOS/c1-16(2,3)15-9-8-14(20-15)13(10-19)18-12-6-4-11(17)5-7-12/h4-9,13,18-19H,10H2,1-3H3. The smallest absolute Gasteiger partial charge is 0.0837 e. The van der Waals surface area contributed by atoms with Crippen molar-refractivity contribution in [2.24, 2.45) is 0 Å². The van der Waals surface area contributed by atoms with Crippen molar-refractivity contribution >= 4 is 28.6 Å². The van der Waals surface area contributed by atoms with E-state index in [9.17, 15) is 5.11 Å². The monoisotopic (exact) mass is 309 g/mol. The molecular formula is C16H20ClNOS. The zero-order chi connectivity index (χ0) is 14.8. The highest BCUT2D eigenvalue weighted by Crippen LogP contribution is 2.33. The SMILES string of the molecule is CC(C)(C)c1ccc(C(CO)Nc2ccc(Cl)cc2)s1. The highest BCUT2D eigenvalue weighted by Gasteiger charge is 2.19. The maximum absolute atomic E-state index is 9.63. The van der Waals surface area contributed by atoms with Gasteiger partial charge in [0, 0.05) is 20.5 Å². The summed E-state index contributed by atoms with van der Waals surface area (Å²) in [6, 6.07) is 11.7. The zero-order valence-corrected chi connectivity index (χ0v) is 13.6. The van der Waals surface area contributed by atoms with E-state index >= 15 is 0 Å². The van der Waals surface area contributed by atoms with E-state index in [1.165, 1.54) is 4.88 Å². The third-order valence-corrected chi connectivity index (χ3v) is 4.95. The van der Waals surface area contributed by atoms with Crippen LogP contribution < -0.4 is 5.32 Å². The number of aliphatic hydroxyl groups excluding tert-OH is 1. The Labute approximate surface area is 129 Å². The van der Waals surface area contributed by atoms with Crippen LogP contribution in [0.3, 0.4) is 0 Å². The van der Waals surface area contributed by atoms with Gasteiger partial charge in [-0.15, -0.1) is 11.3 Å². The lowest BCUT2D eigenvalue weighted by molar-refractivity contribution is 0.278. The number of hydrogen-bond acceptors (Lipinski definition) is 3. The van der Waals surface area contributed by atoms with Crippen LogP contribution in [0.4, 0.5) is 5.69 Å². The molecule has 1 atom stereocenters. The van der Waals surface area contributed by atoms with Gasteiger partial charge < -0.3 is 10.4 Å². The van der Waals surface area contributed by atoms with E-state index in [-0.39, 0.29) is 18.1 Å². The van der Waals surface area contributed by atoms with Gasteiger partial charge in [0.05, 0.1) is 12.6 Å². The molecule has 0 bridgehead atoms. The Kier molecular flexibility index (Phi) is 4.74. The van der Waals surface area contributed by atoms with Gasteiger partial charge in [0.1, 0.15) is 0 Å². The molecule has 0 amide bonds. The first-order valence-corrected chi connectivity index (χ1v) is 7.83. The topological polar surface area (TPSA) is 32.3 Å². The van der Waals surface area contributed by atoms with Gasteiger partial charge in [-0.1, -0.05) is 32.4 Å². The summed E-state index contributed by atoms with van der Waals surface area (Å²) in [7, 11) is 0. The van der Waals surface area contributed by atoms with E-state index in [4.69, 9.17) is 11.6 Å². The second kappa shape index (κ2) is 6.17. The first-order valence-electron chi connectivity index (χ1n) is 6.63. The summed E-state index contributed by atoms with van der Waals surface area (Å²) in [6.07, 6.45) is 0. The van der Waals surface area contributed by atoms with E-state index in [0.29, 0.717) is 5.02 Å². The maximum Gasteiger partial charge on any atom is 0.0837 e. The molecule has 4 heteroatoms. The Morgan fingerprint density at radius 3 is 2.30 bits per heavy atom. The molecule has 0 aliphatic carbocycles. The fraction of sp³-hybridized carbons (Fsp3) is 0.375. The van der Waals surface area contributed by atoms with Gasteiger partial charge in [0.15, 0.2) is 0 Å². The Bertz CT molecular complexity index is 557. The van der Waals surface area contributed by atoms with Crippen LogP contribution in [0.15, 0.2) is 36.4 Å². The maximum atomic E-state index is 9.63. The molecule has 0 spiro atoms. The molecule has 2 rings (SSSR count). The predicted molar refractivity (Wildman–Crippen MR) is 87.9 cm³/mol. The Hall–Kier alpha value is -1.03. The minimum atomic E-state index is -0.0859. The number of halogens is 1. The molecule has 0 aliphatic heterocycles. The lowest BCUT2D eigenvalue weighted by atomic mass is 9.95. The summed E-state index contributed by atoms with van der Waals surface area (Å²) in [6.45, 7) is 6.66. The van der Waals surface area contributed by atoms with Crippen molar-refractivity contribution in [1.29, 1.82) is 0 Å². The van der Waals surface area contributed by atoms with Gasteiger partial charge in [-0.3, -0.25) is 0 Å². The second-order valence-corrected chi connectivity index (χ2v) is 7.39. The molecule has 0 aliphatic rings. The van der Waals surface area contributed by atoms with Crippen LogP contribution in [0.1, 0.15) is 36.6 Å². The van der Waals surface area contributed by atoms with E-state index in [1.54, 1.807) is 11.3 Å². The van der Waals surface area contributed by atoms with E-state index in [1.807, 2.05) is 24.3 Å². The van der Waals surface area contributed by atoms with Gasteiger partial charge >= 0.3 is 0 Å². The summed E-state index contributed by atoms with van der Waals surface area (Å²) in [5, 5.41) is 13.7. The van der Waals surface area contributed by atoms with E-state index < -0.39 is 0 Å². The largest absolute Gasteiger partial charge is 0.394 e. The molecular weight excluding hydrogens is 290 g/mol. The third-order valence-electron chi connectivity index (χ3n) is 3.08.